The van der Waals surface area contributed by atoms with E-state index in [9.17, 15) is 8.42 Å². The van der Waals surface area contributed by atoms with Crippen LogP contribution in [0.1, 0.15) is 24.0 Å². The maximum absolute atomic E-state index is 11.5. The van der Waals surface area contributed by atoms with Crippen LogP contribution in [0.3, 0.4) is 0 Å². The molecule has 2 heterocycles. The van der Waals surface area contributed by atoms with Gasteiger partial charge >= 0.3 is 0 Å². The van der Waals surface area contributed by atoms with Crippen LogP contribution in [-0.4, -0.2) is 55.9 Å². The van der Waals surface area contributed by atoms with E-state index < -0.39 is 9.84 Å². The third kappa shape index (κ3) is 4.95. The van der Waals surface area contributed by atoms with Gasteiger partial charge in [0.25, 0.3) is 0 Å². The molecule has 1 fully saturated rings. The number of sulfone groups is 1. The van der Waals surface area contributed by atoms with Gasteiger partial charge in [0.05, 0.1) is 28.8 Å². The van der Waals surface area contributed by atoms with Crippen LogP contribution in [0.25, 0.3) is 0 Å². The minimum atomic E-state index is -2.83. The first-order valence-corrected chi connectivity index (χ1v) is 10.2. The zero-order valence-corrected chi connectivity index (χ0v) is 15.0. The SMILES string of the molecule is CCNC(=NCC1CCS(=O)(=O)C1)N(C)Cc1csc(C)n1. The minimum absolute atomic E-state index is 0.147. The molecule has 0 amide bonds. The standard InChI is InChI=1S/C14H24N4O2S2/c1-4-15-14(16-7-12-5-6-22(19,20)10-12)18(3)8-13-9-21-11(2)17-13/h9,12H,4-8,10H2,1-3H3,(H,15,16). The van der Waals surface area contributed by atoms with E-state index in [4.69, 9.17) is 0 Å². The highest BCUT2D eigenvalue weighted by Crippen LogP contribution is 2.18. The predicted octanol–water partition coefficient (Wildman–Crippen LogP) is 1.28. The van der Waals surface area contributed by atoms with Crippen LogP contribution in [0.15, 0.2) is 10.4 Å². The molecule has 2 rings (SSSR count). The number of thiazole rings is 1. The van der Waals surface area contributed by atoms with Crippen LogP contribution in [0.5, 0.6) is 0 Å². The first kappa shape index (κ1) is 17.2. The second-order valence-corrected chi connectivity index (χ2v) is 8.97. The van der Waals surface area contributed by atoms with Crippen molar-refractivity contribution in [2.24, 2.45) is 10.9 Å². The fourth-order valence-electron chi connectivity index (χ4n) is 2.50. The molecule has 1 aromatic heterocycles. The van der Waals surface area contributed by atoms with Gasteiger partial charge in [0.2, 0.25) is 0 Å². The van der Waals surface area contributed by atoms with Crippen molar-refractivity contribution in [3.05, 3.63) is 16.1 Å². The van der Waals surface area contributed by atoms with Gasteiger partial charge in [-0.1, -0.05) is 0 Å². The normalized spacial score (nSPS) is 21.0. The van der Waals surface area contributed by atoms with Gasteiger partial charge < -0.3 is 10.2 Å². The van der Waals surface area contributed by atoms with Gasteiger partial charge in [0.15, 0.2) is 15.8 Å². The molecular formula is C14H24N4O2S2. The molecule has 1 aliphatic rings. The number of hydrogen-bond acceptors (Lipinski definition) is 5. The van der Waals surface area contributed by atoms with Crippen molar-refractivity contribution in [2.45, 2.75) is 26.8 Å². The summed E-state index contributed by atoms with van der Waals surface area (Å²) in [6.07, 6.45) is 0.722. The Labute approximate surface area is 136 Å². The quantitative estimate of drug-likeness (QED) is 0.643. The van der Waals surface area contributed by atoms with Crippen molar-refractivity contribution in [1.82, 2.24) is 15.2 Å². The Balaban J connectivity index is 1.97. The number of guanidine groups is 1. The first-order chi connectivity index (χ1) is 10.4. The lowest BCUT2D eigenvalue weighted by Crippen LogP contribution is -2.39. The van der Waals surface area contributed by atoms with E-state index in [1.807, 2.05) is 25.8 Å². The Hall–Kier alpha value is -1.15. The number of nitrogens with zero attached hydrogens (tertiary/aromatic N) is 3. The second kappa shape index (κ2) is 7.41. The van der Waals surface area contributed by atoms with Gasteiger partial charge in [-0.25, -0.2) is 13.4 Å². The second-order valence-electron chi connectivity index (χ2n) is 5.68. The number of rotatable bonds is 5. The molecule has 0 bridgehead atoms. The van der Waals surface area contributed by atoms with E-state index in [1.165, 1.54) is 0 Å². The van der Waals surface area contributed by atoms with Crippen LogP contribution < -0.4 is 5.32 Å². The summed E-state index contributed by atoms with van der Waals surface area (Å²) in [5.41, 5.74) is 1.03. The van der Waals surface area contributed by atoms with Crippen LogP contribution in [0.4, 0.5) is 0 Å². The van der Waals surface area contributed by atoms with E-state index in [-0.39, 0.29) is 11.7 Å². The van der Waals surface area contributed by atoms with Gasteiger partial charge in [-0.15, -0.1) is 11.3 Å². The number of aromatic nitrogens is 1. The van der Waals surface area contributed by atoms with Crippen LogP contribution in [-0.2, 0) is 16.4 Å². The summed E-state index contributed by atoms with van der Waals surface area (Å²) in [4.78, 5) is 11.1. The predicted molar refractivity (Wildman–Crippen MR) is 91.1 cm³/mol. The van der Waals surface area contributed by atoms with Gasteiger partial charge in [0, 0.05) is 25.5 Å². The molecule has 1 unspecified atom stereocenters. The highest BCUT2D eigenvalue weighted by Gasteiger charge is 2.27. The number of aliphatic imine (C=N–C) groups is 1. The molecule has 22 heavy (non-hydrogen) atoms. The van der Waals surface area contributed by atoms with E-state index in [2.05, 4.69) is 20.7 Å². The minimum Gasteiger partial charge on any atom is -0.357 e. The van der Waals surface area contributed by atoms with Crippen molar-refractivity contribution < 1.29 is 8.42 Å². The molecule has 0 spiro atoms. The number of nitrogens with one attached hydrogen (secondary N) is 1. The summed E-state index contributed by atoms with van der Waals surface area (Å²) in [5, 5.41) is 6.37. The molecule has 8 heteroatoms. The summed E-state index contributed by atoms with van der Waals surface area (Å²) >= 11 is 1.64. The topological polar surface area (TPSA) is 74.7 Å². The molecular weight excluding hydrogens is 320 g/mol. The third-order valence-corrected chi connectivity index (χ3v) is 6.25. The molecule has 0 aliphatic carbocycles. The maximum Gasteiger partial charge on any atom is 0.194 e. The summed E-state index contributed by atoms with van der Waals surface area (Å²) in [7, 11) is -0.860. The summed E-state index contributed by atoms with van der Waals surface area (Å²) in [6, 6.07) is 0. The summed E-state index contributed by atoms with van der Waals surface area (Å²) in [5.74, 6) is 1.52. The lowest BCUT2D eigenvalue weighted by atomic mass is 10.1. The van der Waals surface area contributed by atoms with Crippen molar-refractivity contribution in [2.75, 3.05) is 31.6 Å². The highest BCUT2D eigenvalue weighted by atomic mass is 32.2. The Morgan fingerprint density at radius 3 is 2.91 bits per heavy atom. The summed E-state index contributed by atoms with van der Waals surface area (Å²) < 4.78 is 23.0. The fourth-order valence-corrected chi connectivity index (χ4v) is 4.95. The maximum atomic E-state index is 11.5. The van der Waals surface area contributed by atoms with E-state index in [0.717, 1.165) is 29.6 Å². The third-order valence-electron chi connectivity index (χ3n) is 3.59. The molecule has 0 saturated carbocycles. The van der Waals surface area contributed by atoms with Gasteiger partial charge in [-0.3, -0.25) is 4.99 Å². The van der Waals surface area contributed by atoms with Crippen molar-refractivity contribution in [3.63, 3.8) is 0 Å². The zero-order chi connectivity index (χ0) is 16.2. The van der Waals surface area contributed by atoms with Crippen molar-refractivity contribution in [3.8, 4) is 0 Å². The average Bonchev–Trinajstić information content (AvgIpc) is 3.00. The number of aryl methyl sites for hydroxylation is 1. The van der Waals surface area contributed by atoms with E-state index >= 15 is 0 Å². The molecule has 1 saturated heterocycles. The lowest BCUT2D eigenvalue weighted by Gasteiger charge is -2.21. The molecule has 0 aromatic carbocycles. The molecule has 0 radical (unpaired) electrons. The van der Waals surface area contributed by atoms with E-state index in [0.29, 0.717) is 18.8 Å². The molecule has 6 nitrogen and oxygen atoms in total. The Bertz CT molecular complexity index is 625. The summed E-state index contributed by atoms with van der Waals surface area (Å²) in [6.45, 7) is 6.05. The smallest absolute Gasteiger partial charge is 0.194 e. The Morgan fingerprint density at radius 1 is 1.59 bits per heavy atom. The van der Waals surface area contributed by atoms with Crippen LogP contribution >= 0.6 is 11.3 Å². The van der Waals surface area contributed by atoms with Gasteiger partial charge in [-0.2, -0.15) is 0 Å². The zero-order valence-electron chi connectivity index (χ0n) is 13.4. The van der Waals surface area contributed by atoms with Crippen molar-refractivity contribution >= 4 is 27.1 Å². The Kier molecular flexibility index (Phi) is 5.80. The molecule has 1 aliphatic heterocycles. The monoisotopic (exact) mass is 344 g/mol. The van der Waals surface area contributed by atoms with Crippen LogP contribution in [0, 0.1) is 12.8 Å². The highest BCUT2D eigenvalue weighted by molar-refractivity contribution is 7.91. The van der Waals surface area contributed by atoms with Crippen LogP contribution in [0.2, 0.25) is 0 Å². The Morgan fingerprint density at radius 2 is 2.36 bits per heavy atom. The average molecular weight is 345 g/mol. The fraction of sp³-hybridized carbons (Fsp3) is 0.714. The molecule has 1 atom stereocenters. The number of hydrogen-bond donors (Lipinski definition) is 1. The van der Waals surface area contributed by atoms with E-state index in [1.54, 1.807) is 11.3 Å². The van der Waals surface area contributed by atoms with Gasteiger partial charge in [0.1, 0.15) is 0 Å². The largest absolute Gasteiger partial charge is 0.357 e. The van der Waals surface area contributed by atoms with Crippen molar-refractivity contribution in [1.29, 1.82) is 0 Å². The molecule has 1 N–H and O–H groups in total. The lowest BCUT2D eigenvalue weighted by molar-refractivity contribution is 0.467. The molecule has 1 aromatic rings. The molecule has 124 valence electrons. The van der Waals surface area contributed by atoms with Gasteiger partial charge in [-0.05, 0) is 26.2 Å². The first-order valence-electron chi connectivity index (χ1n) is 7.50.